The Labute approximate surface area is 327 Å². The Balaban J connectivity index is 3.90. The zero-order valence-corrected chi connectivity index (χ0v) is 32.7. The van der Waals surface area contributed by atoms with Crippen LogP contribution in [0.3, 0.4) is 0 Å². The second-order valence-corrected chi connectivity index (χ2v) is 12.1. The number of carbonyl (C=O) groups excluding carboxylic acids is 8. The van der Waals surface area contributed by atoms with Crippen LogP contribution in [-0.2, 0) is 57.3 Å². The molecule has 22 nitrogen and oxygen atoms in total. The van der Waals surface area contributed by atoms with E-state index < -0.39 is 41.4 Å². The normalized spacial score (nSPS) is 10.6. The number of ether oxygens (including phenoxy) is 4. The fourth-order valence-electron chi connectivity index (χ4n) is 3.83. The van der Waals surface area contributed by atoms with Crippen molar-refractivity contribution in [3.63, 3.8) is 0 Å². The summed E-state index contributed by atoms with van der Waals surface area (Å²) in [6.07, 6.45) is -0.654. The molecule has 0 aliphatic rings. The lowest BCUT2D eigenvalue weighted by Crippen LogP contribution is -2.35. The molecule has 0 bridgehead atoms. The second kappa shape index (κ2) is 32.8. The predicted octanol–water partition coefficient (Wildman–Crippen LogP) is -2.16. The van der Waals surface area contributed by atoms with E-state index in [0.717, 1.165) is 9.33 Å². The zero-order valence-electron chi connectivity index (χ0n) is 30.5. The van der Waals surface area contributed by atoms with Crippen molar-refractivity contribution in [2.45, 2.75) is 45.4 Å². The molecule has 0 rings (SSSR count). The average Bonchev–Trinajstić information content (AvgIpc) is 3.15. The maximum atomic E-state index is 12.2. The fraction of sp³-hybridized carbons (Fsp3) is 0.742. The summed E-state index contributed by atoms with van der Waals surface area (Å²) in [6.45, 7) is 2.04. The molecule has 0 unspecified atom stereocenters. The number of imide groups is 1. The summed E-state index contributed by atoms with van der Waals surface area (Å²) in [5.74, 6) is -3.68. The molecule has 0 heterocycles. The summed E-state index contributed by atoms with van der Waals surface area (Å²) in [7, 11) is 0. The van der Waals surface area contributed by atoms with Gasteiger partial charge in [0.2, 0.25) is 47.8 Å². The van der Waals surface area contributed by atoms with Crippen LogP contribution in [0.5, 0.6) is 0 Å². The van der Waals surface area contributed by atoms with E-state index in [0.29, 0.717) is 28.2 Å². The van der Waals surface area contributed by atoms with Crippen LogP contribution in [0.25, 0.3) is 0 Å². The first kappa shape index (κ1) is 50.4. The van der Waals surface area contributed by atoms with Gasteiger partial charge >= 0.3 is 0 Å². The first-order valence-corrected chi connectivity index (χ1v) is 18.7. The van der Waals surface area contributed by atoms with Gasteiger partial charge in [-0.2, -0.15) is 0 Å². The Morgan fingerprint density at radius 2 is 0.944 bits per heavy atom. The van der Waals surface area contributed by atoms with E-state index in [2.05, 4.69) is 38.5 Å². The minimum atomic E-state index is -0.708. The Morgan fingerprint density at radius 3 is 1.44 bits per heavy atom. The van der Waals surface area contributed by atoms with Gasteiger partial charge in [0.1, 0.15) is 0 Å². The van der Waals surface area contributed by atoms with Gasteiger partial charge in [0, 0.05) is 63.1 Å². The average molecular weight is 892 g/mol. The van der Waals surface area contributed by atoms with Crippen LogP contribution in [0.1, 0.15) is 45.4 Å². The second-order valence-electron chi connectivity index (χ2n) is 11.1. The fourth-order valence-corrected chi connectivity index (χ4v) is 4.14. The van der Waals surface area contributed by atoms with Crippen molar-refractivity contribution in [3.05, 3.63) is 0 Å². The maximum Gasteiger partial charge on any atom is 0.248 e. The third-order valence-corrected chi connectivity index (χ3v) is 7.27. The van der Waals surface area contributed by atoms with Crippen LogP contribution >= 0.6 is 22.6 Å². The number of halogens is 1. The molecule has 8 amide bonds. The quantitative estimate of drug-likeness (QED) is 0.0102. The summed E-state index contributed by atoms with van der Waals surface area (Å²) in [4.78, 5) is 94.9. The number of hydroxylamine groups is 6. The van der Waals surface area contributed by atoms with Crippen LogP contribution in [0.2, 0.25) is 0 Å². The van der Waals surface area contributed by atoms with E-state index >= 15 is 0 Å². The van der Waals surface area contributed by atoms with Crippen molar-refractivity contribution in [3.8, 4) is 0 Å². The first-order valence-electron chi connectivity index (χ1n) is 17.2. The molecular weight excluding hydrogens is 837 g/mol. The summed E-state index contributed by atoms with van der Waals surface area (Å²) in [6, 6.07) is 0. The number of amides is 8. The topological polar surface area (TPSA) is 283 Å². The van der Waals surface area contributed by atoms with Crippen LogP contribution in [-0.4, -0.2) is 187 Å². The lowest BCUT2D eigenvalue weighted by Gasteiger charge is -2.16. The molecule has 6 N–H and O–H groups in total. The molecule has 0 atom stereocenters. The molecule has 0 aromatic heterocycles. The van der Waals surface area contributed by atoms with Crippen LogP contribution < -0.4 is 16.0 Å². The number of hydrogen-bond donors (Lipinski definition) is 6. The van der Waals surface area contributed by atoms with Crippen molar-refractivity contribution in [1.82, 2.24) is 36.0 Å². The number of rotatable bonds is 33. The van der Waals surface area contributed by atoms with Gasteiger partial charge in [-0.3, -0.25) is 58.9 Å². The third kappa shape index (κ3) is 27.9. The van der Waals surface area contributed by atoms with Gasteiger partial charge in [-0.1, -0.05) is 22.6 Å². The SMILES string of the molecule is CC(=O)N(O)CCOCCNC(=O)CCC(=O)N(C=O)CCOCCNC(=O)CCC(=O)N(O)CCOCCNC(=O)CCN(O)C(=O)CCOCCI. The van der Waals surface area contributed by atoms with Crippen molar-refractivity contribution < 1.29 is 72.9 Å². The molecule has 0 aromatic rings. The van der Waals surface area contributed by atoms with Gasteiger partial charge in [0.05, 0.1) is 85.5 Å². The molecule has 310 valence electrons. The zero-order chi connectivity index (χ0) is 40.6. The number of nitrogens with one attached hydrogen (secondary N) is 3. The largest absolute Gasteiger partial charge is 0.380 e. The molecule has 0 saturated heterocycles. The first-order chi connectivity index (χ1) is 25.8. The molecule has 0 spiro atoms. The molecule has 0 aliphatic carbocycles. The Kier molecular flexibility index (Phi) is 30.6. The Morgan fingerprint density at radius 1 is 0.519 bits per heavy atom. The molecule has 54 heavy (non-hydrogen) atoms. The highest BCUT2D eigenvalue weighted by atomic mass is 127. The van der Waals surface area contributed by atoms with Crippen molar-refractivity contribution in [1.29, 1.82) is 0 Å². The minimum Gasteiger partial charge on any atom is -0.380 e. The van der Waals surface area contributed by atoms with Crippen LogP contribution in [0, 0.1) is 0 Å². The molecular formula is C31H54IN7O15. The molecule has 0 aromatic carbocycles. The van der Waals surface area contributed by atoms with Gasteiger partial charge in [-0.15, -0.1) is 0 Å². The van der Waals surface area contributed by atoms with E-state index in [1.165, 1.54) is 6.92 Å². The van der Waals surface area contributed by atoms with Crippen molar-refractivity contribution >= 4 is 70.4 Å². The number of carbonyl (C=O) groups is 8. The predicted molar refractivity (Wildman–Crippen MR) is 193 cm³/mol. The number of nitrogens with zero attached hydrogens (tertiary/aromatic N) is 4. The molecule has 0 saturated carbocycles. The molecule has 23 heteroatoms. The maximum absolute atomic E-state index is 12.2. The van der Waals surface area contributed by atoms with Gasteiger partial charge in [-0.05, 0) is 0 Å². The summed E-state index contributed by atoms with van der Waals surface area (Å²) >= 11 is 2.13. The van der Waals surface area contributed by atoms with Gasteiger partial charge in [0.25, 0.3) is 0 Å². The van der Waals surface area contributed by atoms with Gasteiger partial charge in [0.15, 0.2) is 0 Å². The monoisotopic (exact) mass is 891 g/mol. The lowest BCUT2D eigenvalue weighted by molar-refractivity contribution is -0.168. The highest BCUT2D eigenvalue weighted by Gasteiger charge is 2.16. The standard InChI is InChI=1S/C31H54IN7O15/c1-25(41)37(48)14-22-53-19-10-33-26(42)2-4-29(45)36(24-40)13-21-52-18-9-34-27(43)3-5-30(46)39(50)15-23-54-20-11-35-28(44)6-12-38(49)31(47)7-16-51-17-8-32/h24,48-50H,2-23H2,1H3,(H,33,42)(H,34,43)(H,35,44). The van der Waals surface area contributed by atoms with Crippen LogP contribution in [0.15, 0.2) is 0 Å². The number of hydrogen-bond acceptors (Lipinski definition) is 15. The summed E-state index contributed by atoms with van der Waals surface area (Å²) in [5.41, 5.74) is 0. The lowest BCUT2D eigenvalue weighted by atomic mass is 10.2. The Bertz CT molecular complexity index is 1150. The highest BCUT2D eigenvalue weighted by Crippen LogP contribution is 1.99. The van der Waals surface area contributed by atoms with E-state index in [1.807, 2.05) is 0 Å². The van der Waals surface area contributed by atoms with E-state index in [4.69, 9.17) is 18.9 Å². The summed E-state index contributed by atoms with van der Waals surface area (Å²) in [5, 5.41) is 37.8. The highest BCUT2D eigenvalue weighted by molar-refractivity contribution is 14.1. The third-order valence-electron chi connectivity index (χ3n) is 6.83. The van der Waals surface area contributed by atoms with Crippen molar-refractivity contribution in [2.75, 3.05) is 103 Å². The van der Waals surface area contributed by atoms with E-state index in [-0.39, 0.29) is 131 Å². The molecule has 0 fully saturated rings. The van der Waals surface area contributed by atoms with E-state index in [9.17, 15) is 54.0 Å². The van der Waals surface area contributed by atoms with Crippen LogP contribution in [0.4, 0.5) is 0 Å². The van der Waals surface area contributed by atoms with Gasteiger partial charge < -0.3 is 34.9 Å². The Hall–Kier alpha value is -3.59. The van der Waals surface area contributed by atoms with Gasteiger partial charge in [-0.25, -0.2) is 15.2 Å². The molecule has 0 aliphatic heterocycles. The minimum absolute atomic E-state index is 0.000810. The summed E-state index contributed by atoms with van der Waals surface area (Å²) < 4.78 is 21.7. The number of alkyl halides is 1. The van der Waals surface area contributed by atoms with E-state index in [1.54, 1.807) is 0 Å². The smallest absolute Gasteiger partial charge is 0.248 e. The van der Waals surface area contributed by atoms with Crippen molar-refractivity contribution in [2.24, 2.45) is 0 Å². The molecule has 0 radical (unpaired) electrons.